The van der Waals surface area contributed by atoms with Crippen LogP contribution in [0.1, 0.15) is 13.8 Å². The van der Waals surface area contributed by atoms with E-state index in [-0.39, 0.29) is 11.1 Å². The zero-order valence-electron chi connectivity index (χ0n) is 7.64. The van der Waals surface area contributed by atoms with Crippen LogP contribution < -0.4 is 0 Å². The van der Waals surface area contributed by atoms with Crippen molar-refractivity contribution in [3.63, 3.8) is 0 Å². The quantitative estimate of drug-likeness (QED) is 0.276. The predicted molar refractivity (Wildman–Crippen MR) is 48.5 cm³/mol. The van der Waals surface area contributed by atoms with Crippen molar-refractivity contribution in [1.29, 1.82) is 0 Å². The Labute approximate surface area is 77.1 Å². The lowest BCUT2D eigenvalue weighted by molar-refractivity contribution is -0.153. The van der Waals surface area contributed by atoms with E-state index in [1.165, 1.54) is 6.92 Å². The molecule has 0 aromatic carbocycles. The van der Waals surface area contributed by atoms with Crippen molar-refractivity contribution in [3.05, 3.63) is 24.3 Å². The molecule has 0 heterocycles. The second-order valence-electron chi connectivity index (χ2n) is 2.31. The molecule has 0 spiro atoms. The Morgan fingerprint density at radius 1 is 1.23 bits per heavy atom. The largest absolute Gasteiger partial charge is 0.385 e. The first-order valence-corrected chi connectivity index (χ1v) is 3.52. The molecular weight excluding hydrogens is 168 g/mol. The van der Waals surface area contributed by atoms with Gasteiger partial charge in [-0.3, -0.25) is 0 Å². The minimum absolute atomic E-state index is 0.0444. The van der Waals surface area contributed by atoms with Gasteiger partial charge < -0.3 is 4.74 Å². The number of carbonyl (C=O) groups is 2. The zero-order valence-corrected chi connectivity index (χ0v) is 7.64. The maximum absolute atomic E-state index is 11.0. The lowest BCUT2D eigenvalue weighted by atomic mass is 10.3. The van der Waals surface area contributed by atoms with Gasteiger partial charge in [-0.2, -0.15) is 0 Å². The SMILES string of the molecule is C=C(C)C(=O)OC(=O)C(=C)C#CC. The van der Waals surface area contributed by atoms with Gasteiger partial charge in [0, 0.05) is 5.57 Å². The highest BCUT2D eigenvalue weighted by Gasteiger charge is 2.12. The summed E-state index contributed by atoms with van der Waals surface area (Å²) < 4.78 is 4.35. The van der Waals surface area contributed by atoms with E-state index >= 15 is 0 Å². The maximum atomic E-state index is 11.0. The van der Waals surface area contributed by atoms with Gasteiger partial charge in [-0.25, -0.2) is 9.59 Å². The molecule has 0 aromatic rings. The van der Waals surface area contributed by atoms with Gasteiger partial charge >= 0.3 is 11.9 Å². The van der Waals surface area contributed by atoms with Crippen LogP contribution in [-0.4, -0.2) is 11.9 Å². The molecule has 68 valence electrons. The van der Waals surface area contributed by atoms with E-state index in [0.717, 1.165) is 0 Å². The van der Waals surface area contributed by atoms with Gasteiger partial charge in [0.05, 0.1) is 0 Å². The second kappa shape index (κ2) is 4.94. The highest BCUT2D eigenvalue weighted by atomic mass is 16.6. The lowest BCUT2D eigenvalue weighted by Crippen LogP contribution is -2.13. The van der Waals surface area contributed by atoms with E-state index in [0.29, 0.717) is 0 Å². The van der Waals surface area contributed by atoms with Crippen LogP contribution in [0.4, 0.5) is 0 Å². The number of carbonyl (C=O) groups excluding carboxylic acids is 2. The van der Waals surface area contributed by atoms with Gasteiger partial charge in [0.15, 0.2) is 0 Å². The molecule has 3 heteroatoms. The number of esters is 2. The van der Waals surface area contributed by atoms with Gasteiger partial charge in [0.1, 0.15) is 5.57 Å². The predicted octanol–water partition coefficient (Wildman–Crippen LogP) is 1.21. The second-order valence-corrected chi connectivity index (χ2v) is 2.31. The Hall–Kier alpha value is -1.82. The van der Waals surface area contributed by atoms with Crippen molar-refractivity contribution < 1.29 is 14.3 Å². The minimum Gasteiger partial charge on any atom is -0.385 e. The Morgan fingerprint density at radius 3 is 2.15 bits per heavy atom. The van der Waals surface area contributed by atoms with E-state index < -0.39 is 11.9 Å². The van der Waals surface area contributed by atoms with Crippen molar-refractivity contribution in [2.75, 3.05) is 0 Å². The van der Waals surface area contributed by atoms with Crippen LogP contribution in [0.15, 0.2) is 24.3 Å². The molecular formula is C10H10O3. The molecule has 0 aromatic heterocycles. The third-order valence-corrected chi connectivity index (χ3v) is 1.06. The normalized spacial score (nSPS) is 7.85. The van der Waals surface area contributed by atoms with Gasteiger partial charge in [0.2, 0.25) is 0 Å². The first kappa shape index (κ1) is 11.2. The standard InChI is InChI=1S/C10H10O3/c1-5-6-8(4)10(12)13-9(11)7(2)3/h2,4H2,1,3H3. The molecule has 0 saturated heterocycles. The molecule has 0 amide bonds. The minimum atomic E-state index is -0.831. The Balaban J connectivity index is 4.30. The fraction of sp³-hybridized carbons (Fsp3) is 0.200. The molecule has 13 heavy (non-hydrogen) atoms. The Bertz CT molecular complexity index is 326. The summed E-state index contributed by atoms with van der Waals surface area (Å²) in [6.45, 7) is 9.65. The van der Waals surface area contributed by atoms with Crippen molar-refractivity contribution in [1.82, 2.24) is 0 Å². The topological polar surface area (TPSA) is 43.4 Å². The van der Waals surface area contributed by atoms with Crippen molar-refractivity contribution in [2.24, 2.45) is 0 Å². The van der Waals surface area contributed by atoms with Gasteiger partial charge in [0.25, 0.3) is 0 Å². The summed E-state index contributed by atoms with van der Waals surface area (Å²) in [6, 6.07) is 0. The molecule has 3 nitrogen and oxygen atoms in total. The Morgan fingerprint density at radius 2 is 1.77 bits per heavy atom. The number of ether oxygens (including phenoxy) is 1. The molecule has 0 atom stereocenters. The first-order chi connectivity index (χ1) is 5.99. The summed E-state index contributed by atoms with van der Waals surface area (Å²) >= 11 is 0. The maximum Gasteiger partial charge on any atom is 0.353 e. The van der Waals surface area contributed by atoms with Crippen LogP contribution in [0.2, 0.25) is 0 Å². The molecule has 0 N–H and O–H groups in total. The summed E-state index contributed by atoms with van der Waals surface area (Å²) in [5, 5.41) is 0. The van der Waals surface area contributed by atoms with Gasteiger partial charge in [-0.1, -0.05) is 19.1 Å². The van der Waals surface area contributed by atoms with E-state index in [9.17, 15) is 9.59 Å². The molecule has 0 aliphatic carbocycles. The summed E-state index contributed by atoms with van der Waals surface area (Å²) in [6.07, 6.45) is 0. The molecule has 0 rings (SSSR count). The molecule has 0 bridgehead atoms. The van der Waals surface area contributed by atoms with E-state index in [2.05, 4.69) is 29.7 Å². The number of hydrogen-bond acceptors (Lipinski definition) is 3. The zero-order chi connectivity index (χ0) is 10.4. The Kier molecular flexibility index (Phi) is 4.25. The summed E-state index contributed by atoms with van der Waals surface area (Å²) in [5.74, 6) is 3.26. The van der Waals surface area contributed by atoms with Crippen LogP contribution in [0.3, 0.4) is 0 Å². The van der Waals surface area contributed by atoms with Crippen LogP contribution in [0.5, 0.6) is 0 Å². The molecule has 0 saturated carbocycles. The summed E-state index contributed by atoms with van der Waals surface area (Å²) in [4.78, 5) is 21.8. The van der Waals surface area contributed by atoms with E-state index in [4.69, 9.17) is 0 Å². The van der Waals surface area contributed by atoms with E-state index in [1.54, 1.807) is 6.92 Å². The highest BCUT2D eigenvalue weighted by molar-refractivity contribution is 6.03. The van der Waals surface area contributed by atoms with Crippen LogP contribution in [0, 0.1) is 11.8 Å². The average molecular weight is 178 g/mol. The van der Waals surface area contributed by atoms with Crippen molar-refractivity contribution in [3.8, 4) is 11.8 Å². The van der Waals surface area contributed by atoms with Crippen molar-refractivity contribution >= 4 is 11.9 Å². The third kappa shape index (κ3) is 3.92. The molecule has 0 aliphatic heterocycles. The first-order valence-electron chi connectivity index (χ1n) is 3.52. The third-order valence-electron chi connectivity index (χ3n) is 1.06. The monoisotopic (exact) mass is 178 g/mol. The number of hydrogen-bond donors (Lipinski definition) is 0. The van der Waals surface area contributed by atoms with Crippen LogP contribution in [-0.2, 0) is 14.3 Å². The molecule has 0 unspecified atom stereocenters. The molecule has 0 aliphatic rings. The fourth-order valence-electron chi connectivity index (χ4n) is 0.435. The molecule has 0 radical (unpaired) electrons. The fourth-order valence-corrected chi connectivity index (χ4v) is 0.435. The van der Waals surface area contributed by atoms with Crippen LogP contribution >= 0.6 is 0 Å². The smallest absolute Gasteiger partial charge is 0.353 e. The van der Waals surface area contributed by atoms with Crippen LogP contribution in [0.25, 0.3) is 0 Å². The average Bonchev–Trinajstić information content (AvgIpc) is 2.04. The summed E-state index contributed by atoms with van der Waals surface area (Å²) in [7, 11) is 0. The van der Waals surface area contributed by atoms with Gasteiger partial charge in [-0.15, -0.1) is 5.92 Å². The lowest BCUT2D eigenvalue weighted by Gasteiger charge is -1.99. The summed E-state index contributed by atoms with van der Waals surface area (Å²) in [5.41, 5.74) is 0.114. The van der Waals surface area contributed by atoms with Crippen molar-refractivity contribution in [2.45, 2.75) is 13.8 Å². The molecule has 0 fully saturated rings. The van der Waals surface area contributed by atoms with Gasteiger partial charge in [-0.05, 0) is 13.8 Å². The van der Waals surface area contributed by atoms with E-state index in [1.807, 2.05) is 0 Å². The number of rotatable bonds is 2. The highest BCUT2D eigenvalue weighted by Crippen LogP contribution is 1.97.